The van der Waals surface area contributed by atoms with Crippen LogP contribution >= 0.6 is 11.8 Å². The fourth-order valence-electron chi connectivity index (χ4n) is 2.17. The van der Waals surface area contributed by atoms with Crippen LogP contribution in [0.5, 0.6) is 0 Å². The van der Waals surface area contributed by atoms with Gasteiger partial charge in [-0.2, -0.15) is 11.8 Å². The summed E-state index contributed by atoms with van der Waals surface area (Å²) in [7, 11) is -1.50. The summed E-state index contributed by atoms with van der Waals surface area (Å²) in [6, 6.07) is 2.27. The molecular weight excluding hydrogens is 294 g/mol. The Kier molecular flexibility index (Phi) is 5.54. The van der Waals surface area contributed by atoms with Gasteiger partial charge in [-0.05, 0) is 44.4 Å². The molecule has 0 saturated heterocycles. The fraction of sp³-hybridized carbons (Fsp3) is 0.692. The van der Waals surface area contributed by atoms with Gasteiger partial charge >= 0.3 is 0 Å². The number of nitrogens with one attached hydrogen (secondary N) is 2. The Morgan fingerprint density at radius 3 is 2.80 bits per heavy atom. The van der Waals surface area contributed by atoms with Crippen LogP contribution in [0.15, 0.2) is 17.2 Å². The third kappa shape index (κ3) is 4.00. The number of aromatic nitrogens is 1. The van der Waals surface area contributed by atoms with Crippen LogP contribution in [0.25, 0.3) is 0 Å². The standard InChI is InChI=1S/C13H23N3O2S2/c1-14-9-12-8-13(10-16(12)11-4-5-11)20(17,18)15-6-3-7-19-2/h8,10-11,14-15H,3-7,9H2,1-2H3. The zero-order valence-electron chi connectivity index (χ0n) is 12.1. The lowest BCUT2D eigenvalue weighted by molar-refractivity contribution is 0.580. The van der Waals surface area contributed by atoms with Crippen molar-refractivity contribution in [2.75, 3.05) is 25.6 Å². The van der Waals surface area contributed by atoms with E-state index in [1.54, 1.807) is 24.0 Å². The molecule has 0 amide bonds. The second kappa shape index (κ2) is 6.98. The molecule has 2 N–H and O–H groups in total. The Hall–Kier alpha value is -0.500. The highest BCUT2D eigenvalue weighted by Crippen LogP contribution is 2.37. The van der Waals surface area contributed by atoms with Crippen LogP contribution in [-0.4, -0.2) is 38.6 Å². The van der Waals surface area contributed by atoms with Crippen LogP contribution in [0, 0.1) is 0 Å². The molecule has 0 bridgehead atoms. The summed E-state index contributed by atoms with van der Waals surface area (Å²) in [6.07, 6.45) is 6.95. The summed E-state index contributed by atoms with van der Waals surface area (Å²) in [5.74, 6) is 0.969. The molecule has 1 fully saturated rings. The molecule has 1 aliphatic rings. The Labute approximate surface area is 125 Å². The molecule has 1 aromatic rings. The monoisotopic (exact) mass is 317 g/mol. The van der Waals surface area contributed by atoms with Crippen LogP contribution < -0.4 is 10.0 Å². The molecule has 20 heavy (non-hydrogen) atoms. The smallest absolute Gasteiger partial charge is 0.242 e. The van der Waals surface area contributed by atoms with E-state index in [-0.39, 0.29) is 0 Å². The summed E-state index contributed by atoms with van der Waals surface area (Å²) in [5.41, 5.74) is 1.04. The Balaban J connectivity index is 2.08. The maximum absolute atomic E-state index is 12.3. The highest BCUT2D eigenvalue weighted by Gasteiger charge is 2.27. The van der Waals surface area contributed by atoms with E-state index in [9.17, 15) is 8.42 Å². The van der Waals surface area contributed by atoms with Gasteiger partial charge in [-0.25, -0.2) is 13.1 Å². The average molecular weight is 317 g/mol. The van der Waals surface area contributed by atoms with Crippen molar-refractivity contribution in [3.63, 3.8) is 0 Å². The lowest BCUT2D eigenvalue weighted by Crippen LogP contribution is -2.24. The van der Waals surface area contributed by atoms with Crippen molar-refractivity contribution in [2.24, 2.45) is 0 Å². The number of hydrogen-bond acceptors (Lipinski definition) is 4. The van der Waals surface area contributed by atoms with Crippen LogP contribution in [0.3, 0.4) is 0 Å². The minimum absolute atomic E-state index is 0.388. The van der Waals surface area contributed by atoms with Gasteiger partial charge < -0.3 is 9.88 Å². The Morgan fingerprint density at radius 2 is 2.20 bits per heavy atom. The van der Waals surface area contributed by atoms with Gasteiger partial charge in [-0.3, -0.25) is 0 Å². The first-order valence-corrected chi connectivity index (χ1v) is 9.80. The SMILES string of the molecule is CNCc1cc(S(=O)(=O)NCCCSC)cn1C1CC1. The third-order valence-corrected chi connectivity index (χ3v) is 5.46. The molecule has 1 saturated carbocycles. The average Bonchev–Trinajstić information content (AvgIpc) is 3.16. The zero-order chi connectivity index (χ0) is 14.6. The largest absolute Gasteiger partial charge is 0.346 e. The molecule has 1 aliphatic carbocycles. The zero-order valence-corrected chi connectivity index (χ0v) is 13.7. The minimum atomic E-state index is -3.37. The van der Waals surface area contributed by atoms with E-state index in [2.05, 4.69) is 14.6 Å². The van der Waals surface area contributed by atoms with Crippen LogP contribution in [0.2, 0.25) is 0 Å². The molecule has 0 radical (unpaired) electrons. The summed E-state index contributed by atoms with van der Waals surface area (Å²) >= 11 is 1.73. The molecule has 114 valence electrons. The summed E-state index contributed by atoms with van der Waals surface area (Å²) < 4.78 is 29.3. The van der Waals surface area contributed by atoms with Gasteiger partial charge in [-0.1, -0.05) is 0 Å². The van der Waals surface area contributed by atoms with E-state index < -0.39 is 10.0 Å². The number of hydrogen-bond donors (Lipinski definition) is 2. The highest BCUT2D eigenvalue weighted by molar-refractivity contribution is 7.98. The van der Waals surface area contributed by atoms with E-state index in [0.717, 1.165) is 30.7 Å². The number of sulfonamides is 1. The molecule has 1 aromatic heterocycles. The highest BCUT2D eigenvalue weighted by atomic mass is 32.2. The van der Waals surface area contributed by atoms with Gasteiger partial charge in [0.05, 0.1) is 4.90 Å². The normalized spacial score (nSPS) is 15.7. The van der Waals surface area contributed by atoms with Crippen molar-refractivity contribution in [2.45, 2.75) is 36.7 Å². The van der Waals surface area contributed by atoms with Crippen molar-refractivity contribution >= 4 is 21.8 Å². The number of thioether (sulfide) groups is 1. The predicted molar refractivity (Wildman–Crippen MR) is 83.7 cm³/mol. The van der Waals surface area contributed by atoms with E-state index in [1.165, 1.54) is 0 Å². The Bertz CT molecular complexity index is 536. The third-order valence-electron chi connectivity index (χ3n) is 3.33. The molecule has 2 rings (SSSR count). The second-order valence-corrected chi connectivity index (χ2v) is 7.83. The van der Waals surface area contributed by atoms with Gasteiger partial charge in [0.15, 0.2) is 0 Å². The topological polar surface area (TPSA) is 63.1 Å². The number of rotatable bonds is 9. The maximum Gasteiger partial charge on any atom is 0.242 e. The van der Waals surface area contributed by atoms with Crippen LogP contribution in [0.4, 0.5) is 0 Å². The molecule has 1 heterocycles. The summed E-state index contributed by atoms with van der Waals surface area (Å²) in [6.45, 7) is 1.19. The first-order valence-electron chi connectivity index (χ1n) is 6.92. The first-order chi connectivity index (χ1) is 9.58. The molecule has 0 aromatic carbocycles. The van der Waals surface area contributed by atoms with E-state index in [0.29, 0.717) is 24.0 Å². The molecule has 0 aliphatic heterocycles. The van der Waals surface area contributed by atoms with E-state index in [1.807, 2.05) is 13.3 Å². The lowest BCUT2D eigenvalue weighted by Gasteiger charge is -2.05. The van der Waals surface area contributed by atoms with Gasteiger partial charge in [-0.15, -0.1) is 0 Å². The Morgan fingerprint density at radius 1 is 1.45 bits per heavy atom. The lowest BCUT2D eigenvalue weighted by atomic mass is 10.4. The second-order valence-electron chi connectivity index (χ2n) is 5.08. The van der Waals surface area contributed by atoms with E-state index >= 15 is 0 Å². The summed E-state index contributed by atoms with van der Waals surface area (Å²) in [4.78, 5) is 0.388. The molecular formula is C13H23N3O2S2. The molecule has 0 spiro atoms. The summed E-state index contributed by atoms with van der Waals surface area (Å²) in [5, 5.41) is 3.09. The van der Waals surface area contributed by atoms with Crippen LogP contribution in [-0.2, 0) is 16.6 Å². The van der Waals surface area contributed by atoms with Gasteiger partial charge in [0.25, 0.3) is 0 Å². The molecule has 5 nitrogen and oxygen atoms in total. The van der Waals surface area contributed by atoms with Gasteiger partial charge in [0.1, 0.15) is 0 Å². The fourth-order valence-corrected chi connectivity index (χ4v) is 3.72. The number of nitrogens with zero attached hydrogens (tertiary/aromatic N) is 1. The van der Waals surface area contributed by atoms with Crippen molar-refractivity contribution in [1.29, 1.82) is 0 Å². The van der Waals surface area contributed by atoms with Crippen molar-refractivity contribution in [3.8, 4) is 0 Å². The van der Waals surface area contributed by atoms with E-state index in [4.69, 9.17) is 0 Å². The van der Waals surface area contributed by atoms with Crippen molar-refractivity contribution < 1.29 is 8.42 Å². The molecule has 0 unspecified atom stereocenters. The molecule has 7 heteroatoms. The van der Waals surface area contributed by atoms with Gasteiger partial charge in [0.2, 0.25) is 10.0 Å². The minimum Gasteiger partial charge on any atom is -0.346 e. The van der Waals surface area contributed by atoms with Gasteiger partial charge in [0, 0.05) is 31.0 Å². The molecule has 0 atom stereocenters. The quantitative estimate of drug-likeness (QED) is 0.679. The predicted octanol–water partition coefficient (Wildman–Crippen LogP) is 1.57. The van der Waals surface area contributed by atoms with Crippen LogP contribution in [0.1, 0.15) is 31.0 Å². The first kappa shape index (κ1) is 15.9. The maximum atomic E-state index is 12.3. The van der Waals surface area contributed by atoms with Crippen molar-refractivity contribution in [3.05, 3.63) is 18.0 Å². The van der Waals surface area contributed by atoms with Crippen molar-refractivity contribution in [1.82, 2.24) is 14.6 Å².